The van der Waals surface area contributed by atoms with Crippen LogP contribution in [0, 0.1) is 0 Å². The molecule has 0 fully saturated rings. The van der Waals surface area contributed by atoms with Crippen LogP contribution in [0.2, 0.25) is 0 Å². The van der Waals surface area contributed by atoms with Crippen molar-refractivity contribution in [1.29, 1.82) is 0 Å². The third-order valence-corrected chi connectivity index (χ3v) is 1.64. The summed E-state index contributed by atoms with van der Waals surface area (Å²) in [5, 5.41) is 3.10. The number of likely N-dealkylation sites (N-methyl/N-ethyl adjacent to an activating group) is 1. The second-order valence-corrected chi connectivity index (χ2v) is 2.31. The fourth-order valence-corrected chi connectivity index (χ4v) is 0.938. The van der Waals surface area contributed by atoms with Crippen molar-refractivity contribution in [1.82, 2.24) is 5.32 Å². The zero-order valence-electron chi connectivity index (χ0n) is 6.00. The highest BCUT2D eigenvalue weighted by Gasteiger charge is 2.03. The minimum absolute atomic E-state index is 0.406. The Labute approximate surface area is 60.6 Å². The number of aldehydes is 1. The molecule has 0 spiro atoms. The second kappa shape index (κ2) is 3.32. The summed E-state index contributed by atoms with van der Waals surface area (Å²) >= 11 is 0. The third kappa shape index (κ3) is 1.54. The average molecular weight is 137 g/mol. The van der Waals surface area contributed by atoms with E-state index >= 15 is 0 Å². The van der Waals surface area contributed by atoms with Crippen molar-refractivity contribution < 1.29 is 4.79 Å². The molecule has 2 nitrogen and oxygen atoms in total. The molecule has 0 amide bonds. The van der Waals surface area contributed by atoms with E-state index in [-0.39, 0.29) is 0 Å². The van der Waals surface area contributed by atoms with Gasteiger partial charge in [-0.25, -0.2) is 0 Å². The molecule has 1 aliphatic rings. The Kier molecular flexibility index (Phi) is 2.40. The largest absolute Gasteiger partial charge is 0.313 e. The van der Waals surface area contributed by atoms with Crippen LogP contribution in [0.15, 0.2) is 23.8 Å². The van der Waals surface area contributed by atoms with Gasteiger partial charge in [0.1, 0.15) is 6.29 Å². The number of carbonyl (C=O) groups excluding carboxylic acids is 1. The number of hydrogen-bond donors (Lipinski definition) is 1. The lowest BCUT2D eigenvalue weighted by molar-refractivity contribution is -0.104. The minimum atomic E-state index is 0.406. The Morgan fingerprint density at radius 2 is 2.60 bits per heavy atom. The van der Waals surface area contributed by atoms with Gasteiger partial charge < -0.3 is 5.32 Å². The molecule has 1 N–H and O–H groups in total. The Bertz CT molecular complexity index is 182. The van der Waals surface area contributed by atoms with Crippen LogP contribution in [0.1, 0.15) is 6.42 Å². The molecule has 0 saturated heterocycles. The predicted octanol–water partition coefficient (Wildman–Crippen LogP) is 0.660. The van der Waals surface area contributed by atoms with Gasteiger partial charge >= 0.3 is 0 Å². The standard InChI is InChI=1S/C8H11NO/c1-9-8-4-2-7(6-10)3-5-8/h2-4,6,8-9H,5H2,1H3. The van der Waals surface area contributed by atoms with Crippen LogP contribution in [0.25, 0.3) is 0 Å². The molecule has 10 heavy (non-hydrogen) atoms. The fraction of sp³-hybridized carbons (Fsp3) is 0.375. The number of carbonyl (C=O) groups is 1. The Balaban J connectivity index is 2.54. The van der Waals surface area contributed by atoms with Crippen LogP contribution in [-0.2, 0) is 4.79 Å². The summed E-state index contributed by atoms with van der Waals surface area (Å²) in [6.45, 7) is 0. The molecule has 2 heteroatoms. The van der Waals surface area contributed by atoms with Crippen LogP contribution < -0.4 is 5.32 Å². The minimum Gasteiger partial charge on any atom is -0.313 e. The van der Waals surface area contributed by atoms with Crippen LogP contribution in [0.5, 0.6) is 0 Å². The van der Waals surface area contributed by atoms with Crippen molar-refractivity contribution in [3.05, 3.63) is 23.8 Å². The van der Waals surface area contributed by atoms with E-state index in [1.165, 1.54) is 0 Å². The fourth-order valence-electron chi connectivity index (χ4n) is 0.938. The zero-order valence-corrected chi connectivity index (χ0v) is 6.00. The van der Waals surface area contributed by atoms with Crippen molar-refractivity contribution in [2.45, 2.75) is 12.5 Å². The molecule has 0 aliphatic heterocycles. The van der Waals surface area contributed by atoms with Crippen molar-refractivity contribution in [2.75, 3.05) is 7.05 Å². The molecule has 0 heterocycles. The summed E-state index contributed by atoms with van der Waals surface area (Å²) in [5.41, 5.74) is 0.784. The molecular weight excluding hydrogens is 126 g/mol. The quantitative estimate of drug-likeness (QED) is 0.566. The van der Waals surface area contributed by atoms with Crippen LogP contribution in [0.3, 0.4) is 0 Å². The van der Waals surface area contributed by atoms with E-state index in [1.54, 1.807) is 0 Å². The van der Waals surface area contributed by atoms with E-state index in [1.807, 2.05) is 25.3 Å². The summed E-state index contributed by atoms with van der Waals surface area (Å²) in [6.07, 6.45) is 7.58. The molecule has 1 unspecified atom stereocenters. The van der Waals surface area contributed by atoms with Crippen molar-refractivity contribution in [3.8, 4) is 0 Å². The van der Waals surface area contributed by atoms with Crippen LogP contribution in [0.4, 0.5) is 0 Å². The summed E-state index contributed by atoms with van der Waals surface area (Å²) in [6, 6.07) is 0.406. The van der Waals surface area contributed by atoms with Crippen molar-refractivity contribution in [3.63, 3.8) is 0 Å². The molecule has 54 valence electrons. The molecule has 0 saturated carbocycles. The SMILES string of the molecule is CNC1C=CC(C=O)=CC1. The maximum Gasteiger partial charge on any atom is 0.149 e. The van der Waals surface area contributed by atoms with E-state index in [0.717, 1.165) is 18.3 Å². The van der Waals surface area contributed by atoms with E-state index in [4.69, 9.17) is 0 Å². The molecule has 1 rings (SSSR count). The topological polar surface area (TPSA) is 29.1 Å². The van der Waals surface area contributed by atoms with E-state index in [0.29, 0.717) is 6.04 Å². The van der Waals surface area contributed by atoms with Gasteiger partial charge in [0, 0.05) is 11.6 Å². The first-order chi connectivity index (χ1) is 4.86. The lowest BCUT2D eigenvalue weighted by atomic mass is 10.0. The monoisotopic (exact) mass is 137 g/mol. The molecule has 0 aromatic rings. The number of hydrogen-bond acceptors (Lipinski definition) is 2. The first-order valence-corrected chi connectivity index (χ1v) is 3.37. The van der Waals surface area contributed by atoms with Gasteiger partial charge in [-0.1, -0.05) is 18.2 Å². The first kappa shape index (κ1) is 7.22. The average Bonchev–Trinajstić information content (AvgIpc) is 2.05. The van der Waals surface area contributed by atoms with E-state index < -0.39 is 0 Å². The normalized spacial score (nSPS) is 24.1. The highest BCUT2D eigenvalue weighted by molar-refractivity contribution is 5.77. The van der Waals surface area contributed by atoms with Gasteiger partial charge in [-0.2, -0.15) is 0 Å². The molecule has 0 radical (unpaired) electrons. The molecule has 0 aromatic heterocycles. The lowest BCUT2D eigenvalue weighted by Gasteiger charge is -2.11. The maximum absolute atomic E-state index is 10.2. The van der Waals surface area contributed by atoms with E-state index in [9.17, 15) is 4.79 Å². The van der Waals surface area contributed by atoms with Gasteiger partial charge in [-0.3, -0.25) is 4.79 Å². The predicted molar refractivity (Wildman–Crippen MR) is 40.8 cm³/mol. The van der Waals surface area contributed by atoms with Gasteiger partial charge in [-0.05, 0) is 13.5 Å². The van der Waals surface area contributed by atoms with Gasteiger partial charge in [0.05, 0.1) is 0 Å². The molecule has 0 bridgehead atoms. The van der Waals surface area contributed by atoms with Gasteiger partial charge in [0.25, 0.3) is 0 Å². The smallest absolute Gasteiger partial charge is 0.149 e. The highest BCUT2D eigenvalue weighted by Crippen LogP contribution is 2.07. The Morgan fingerprint density at radius 1 is 1.80 bits per heavy atom. The van der Waals surface area contributed by atoms with Gasteiger partial charge in [0.15, 0.2) is 0 Å². The Morgan fingerprint density at radius 3 is 3.00 bits per heavy atom. The number of nitrogens with one attached hydrogen (secondary N) is 1. The second-order valence-electron chi connectivity index (χ2n) is 2.31. The summed E-state index contributed by atoms with van der Waals surface area (Å²) in [5.74, 6) is 0. The molecule has 1 atom stereocenters. The molecule has 0 aromatic carbocycles. The number of rotatable bonds is 2. The summed E-state index contributed by atoms with van der Waals surface area (Å²) < 4.78 is 0. The van der Waals surface area contributed by atoms with Gasteiger partial charge in [-0.15, -0.1) is 0 Å². The summed E-state index contributed by atoms with van der Waals surface area (Å²) in [7, 11) is 1.91. The van der Waals surface area contributed by atoms with Crippen LogP contribution in [-0.4, -0.2) is 19.4 Å². The van der Waals surface area contributed by atoms with E-state index in [2.05, 4.69) is 5.32 Å². The lowest BCUT2D eigenvalue weighted by Crippen LogP contribution is -2.23. The van der Waals surface area contributed by atoms with Crippen LogP contribution >= 0.6 is 0 Å². The zero-order chi connectivity index (χ0) is 7.40. The van der Waals surface area contributed by atoms with Gasteiger partial charge in [0.2, 0.25) is 0 Å². The van der Waals surface area contributed by atoms with Crippen molar-refractivity contribution in [2.24, 2.45) is 0 Å². The molecular formula is C8H11NO. The van der Waals surface area contributed by atoms with Crippen molar-refractivity contribution >= 4 is 6.29 Å². The molecule has 1 aliphatic carbocycles. The Hall–Kier alpha value is -0.890. The summed E-state index contributed by atoms with van der Waals surface area (Å²) in [4.78, 5) is 10.2. The maximum atomic E-state index is 10.2. The number of allylic oxidation sites excluding steroid dienone is 2. The first-order valence-electron chi connectivity index (χ1n) is 3.37. The third-order valence-electron chi connectivity index (χ3n) is 1.64. The highest BCUT2D eigenvalue weighted by atomic mass is 16.1.